The topological polar surface area (TPSA) is 67.8 Å². The van der Waals surface area contributed by atoms with Crippen LogP contribution < -0.4 is 14.8 Å². The van der Waals surface area contributed by atoms with Gasteiger partial charge in [-0.1, -0.05) is 42.8 Å². The number of benzene rings is 2. The van der Waals surface area contributed by atoms with Crippen molar-refractivity contribution in [2.75, 3.05) is 20.3 Å². The van der Waals surface area contributed by atoms with E-state index in [1.165, 1.54) is 0 Å². The number of aliphatic hydroxyl groups is 1. The zero-order chi connectivity index (χ0) is 22.1. The molecule has 0 heterocycles. The van der Waals surface area contributed by atoms with Gasteiger partial charge in [-0.3, -0.25) is 4.79 Å². The number of Topliss-reactive ketones (excluding diaryl/α,β-unsaturated/α-hetero) is 1. The smallest absolute Gasteiger partial charge is 0.163 e. The van der Waals surface area contributed by atoms with Crippen LogP contribution in [0.15, 0.2) is 42.5 Å². The highest BCUT2D eigenvalue weighted by atomic mass is 35.5. The molecule has 1 unspecified atom stereocenters. The van der Waals surface area contributed by atoms with Gasteiger partial charge in [0, 0.05) is 24.1 Å². The molecule has 31 heavy (non-hydrogen) atoms. The quantitative estimate of drug-likeness (QED) is 0.457. The molecule has 0 aromatic heterocycles. The minimum Gasteiger partial charge on any atom is -0.493 e. The van der Waals surface area contributed by atoms with E-state index in [-0.39, 0.29) is 30.3 Å². The van der Waals surface area contributed by atoms with E-state index in [4.69, 9.17) is 9.47 Å². The number of aliphatic hydroxyl groups excluding tert-OH is 1. The molecule has 0 saturated heterocycles. The van der Waals surface area contributed by atoms with Gasteiger partial charge in [0.15, 0.2) is 17.3 Å². The minimum atomic E-state index is -0.632. The average Bonchev–Trinajstić information content (AvgIpc) is 2.75. The maximum absolute atomic E-state index is 12.4. The largest absolute Gasteiger partial charge is 0.493 e. The molecule has 2 aromatic rings. The molecule has 0 aliphatic heterocycles. The van der Waals surface area contributed by atoms with Gasteiger partial charge in [-0.05, 0) is 51.3 Å². The number of ether oxygens (including phenoxy) is 2. The van der Waals surface area contributed by atoms with Crippen molar-refractivity contribution in [3.05, 3.63) is 59.2 Å². The van der Waals surface area contributed by atoms with Gasteiger partial charge in [0.05, 0.1) is 7.11 Å². The lowest BCUT2D eigenvalue weighted by atomic mass is 10.0. The maximum Gasteiger partial charge on any atom is 0.163 e. The third-order valence-electron chi connectivity index (χ3n) is 5.37. The van der Waals surface area contributed by atoms with Gasteiger partial charge in [-0.25, -0.2) is 0 Å². The average molecular weight is 450 g/mol. The number of methoxy groups -OCH3 is 1. The Kier molecular flexibility index (Phi) is 11.0. The third kappa shape index (κ3) is 8.90. The number of hydrogen-bond acceptors (Lipinski definition) is 5. The summed E-state index contributed by atoms with van der Waals surface area (Å²) in [5.74, 6) is 1.30. The lowest BCUT2D eigenvalue weighted by Gasteiger charge is -2.26. The van der Waals surface area contributed by atoms with Crippen LogP contribution in [0.2, 0.25) is 0 Å². The van der Waals surface area contributed by atoms with Crippen LogP contribution in [-0.4, -0.2) is 42.8 Å². The Morgan fingerprint density at radius 2 is 1.81 bits per heavy atom. The summed E-state index contributed by atoms with van der Waals surface area (Å²) in [5.41, 5.74) is 2.84. The summed E-state index contributed by atoms with van der Waals surface area (Å²) < 4.78 is 11.2. The van der Waals surface area contributed by atoms with Gasteiger partial charge < -0.3 is 19.9 Å². The predicted octanol–water partition coefficient (Wildman–Crippen LogP) is 4.76. The van der Waals surface area contributed by atoms with Crippen LogP contribution in [0.4, 0.5) is 0 Å². The van der Waals surface area contributed by atoms with Crippen molar-refractivity contribution in [3.8, 4) is 11.5 Å². The zero-order valence-corrected chi connectivity index (χ0v) is 20.1. The maximum atomic E-state index is 12.4. The summed E-state index contributed by atoms with van der Waals surface area (Å²) in [6.07, 6.45) is 1.37. The molecule has 2 aromatic carbocycles. The molecule has 0 saturated carbocycles. The molecule has 0 bridgehead atoms. The van der Waals surface area contributed by atoms with Gasteiger partial charge in [0.25, 0.3) is 0 Å². The molecule has 2 rings (SSSR count). The second-order valence-corrected chi connectivity index (χ2v) is 8.36. The first kappa shape index (κ1) is 27.0. The highest BCUT2D eigenvalue weighted by Gasteiger charge is 2.17. The van der Waals surface area contributed by atoms with Crippen molar-refractivity contribution < 1.29 is 19.4 Å². The number of hydrogen-bond donors (Lipinski definition) is 2. The van der Waals surface area contributed by atoms with Crippen molar-refractivity contribution in [1.82, 2.24) is 5.32 Å². The summed E-state index contributed by atoms with van der Waals surface area (Å²) in [4.78, 5) is 12.4. The molecular weight excluding hydrogens is 414 g/mol. The SMILES string of the molecule is CCC(C)(C)NCC(O)COc1cc(CCC(=O)c2ccc(C)cc2)ccc1OC.Cl. The minimum absolute atomic E-state index is 0. The summed E-state index contributed by atoms with van der Waals surface area (Å²) in [6, 6.07) is 13.3. The van der Waals surface area contributed by atoms with E-state index in [9.17, 15) is 9.90 Å². The van der Waals surface area contributed by atoms with E-state index in [0.29, 0.717) is 30.9 Å². The third-order valence-corrected chi connectivity index (χ3v) is 5.37. The second-order valence-electron chi connectivity index (χ2n) is 8.36. The van der Waals surface area contributed by atoms with Gasteiger partial charge in [0.2, 0.25) is 0 Å². The van der Waals surface area contributed by atoms with Crippen LogP contribution in [0.1, 0.15) is 55.1 Å². The van der Waals surface area contributed by atoms with Gasteiger partial charge in [-0.15, -0.1) is 12.4 Å². The highest BCUT2D eigenvalue weighted by molar-refractivity contribution is 5.96. The Morgan fingerprint density at radius 3 is 2.42 bits per heavy atom. The van der Waals surface area contributed by atoms with Crippen LogP contribution >= 0.6 is 12.4 Å². The first-order valence-corrected chi connectivity index (χ1v) is 10.6. The van der Waals surface area contributed by atoms with E-state index in [1.807, 2.05) is 49.4 Å². The van der Waals surface area contributed by atoms with Crippen LogP contribution in [0, 0.1) is 6.92 Å². The van der Waals surface area contributed by atoms with E-state index in [2.05, 4.69) is 26.1 Å². The van der Waals surface area contributed by atoms with E-state index in [1.54, 1.807) is 7.11 Å². The summed E-state index contributed by atoms with van der Waals surface area (Å²) >= 11 is 0. The molecule has 0 spiro atoms. The van der Waals surface area contributed by atoms with E-state index >= 15 is 0 Å². The molecule has 0 fully saturated rings. The fraction of sp³-hybridized carbons (Fsp3) is 0.480. The number of aryl methyl sites for hydroxylation is 2. The summed E-state index contributed by atoms with van der Waals surface area (Å²) in [5, 5.41) is 13.6. The van der Waals surface area contributed by atoms with Crippen molar-refractivity contribution in [3.63, 3.8) is 0 Å². The van der Waals surface area contributed by atoms with Crippen molar-refractivity contribution in [2.24, 2.45) is 0 Å². The number of ketones is 1. The molecule has 6 heteroatoms. The Morgan fingerprint density at radius 1 is 1.13 bits per heavy atom. The highest BCUT2D eigenvalue weighted by Crippen LogP contribution is 2.29. The van der Waals surface area contributed by atoms with Gasteiger partial charge in [-0.2, -0.15) is 0 Å². The Hall–Kier alpha value is -2.08. The number of nitrogens with one attached hydrogen (secondary N) is 1. The summed E-state index contributed by atoms with van der Waals surface area (Å²) in [6.45, 7) is 8.93. The van der Waals surface area contributed by atoms with Crippen molar-refractivity contribution in [2.45, 2.75) is 58.6 Å². The Bertz CT molecular complexity index is 821. The second kappa shape index (κ2) is 12.7. The van der Waals surface area contributed by atoms with Gasteiger partial charge >= 0.3 is 0 Å². The molecule has 0 aliphatic carbocycles. The molecule has 2 N–H and O–H groups in total. The Labute approximate surface area is 192 Å². The van der Waals surface area contributed by atoms with Crippen LogP contribution in [0.3, 0.4) is 0 Å². The number of carbonyl (C=O) groups is 1. The van der Waals surface area contributed by atoms with Gasteiger partial charge in [0.1, 0.15) is 12.7 Å². The van der Waals surface area contributed by atoms with Crippen LogP contribution in [0.5, 0.6) is 11.5 Å². The Balaban J connectivity index is 0.00000480. The first-order valence-electron chi connectivity index (χ1n) is 10.6. The molecular formula is C25H36ClNO4. The molecule has 1 atom stereocenters. The van der Waals surface area contributed by atoms with E-state index in [0.717, 1.165) is 23.1 Å². The van der Waals surface area contributed by atoms with Crippen molar-refractivity contribution in [1.29, 1.82) is 0 Å². The fourth-order valence-corrected chi connectivity index (χ4v) is 2.90. The number of halogens is 1. The number of rotatable bonds is 12. The first-order chi connectivity index (χ1) is 14.2. The summed E-state index contributed by atoms with van der Waals surface area (Å²) in [7, 11) is 1.59. The molecule has 172 valence electrons. The van der Waals surface area contributed by atoms with Crippen LogP contribution in [-0.2, 0) is 6.42 Å². The lowest BCUT2D eigenvalue weighted by Crippen LogP contribution is -2.44. The van der Waals surface area contributed by atoms with Crippen LogP contribution in [0.25, 0.3) is 0 Å². The van der Waals surface area contributed by atoms with E-state index < -0.39 is 6.10 Å². The van der Waals surface area contributed by atoms with Crippen molar-refractivity contribution >= 4 is 18.2 Å². The molecule has 0 amide bonds. The predicted molar refractivity (Wildman–Crippen MR) is 128 cm³/mol. The standard InChI is InChI=1S/C25H35NO4.ClH/c1-6-25(3,4)26-16-21(27)17-30-24-15-19(10-14-23(24)29-5)9-13-22(28)20-11-7-18(2)8-12-20;/h7-8,10-12,14-15,21,26-27H,6,9,13,16-17H2,1-5H3;1H. The molecule has 0 aliphatic rings. The molecule has 0 radical (unpaired) electrons. The number of carbonyl (C=O) groups excluding carboxylic acids is 1. The lowest BCUT2D eigenvalue weighted by molar-refractivity contribution is 0.0969. The molecule has 5 nitrogen and oxygen atoms in total. The zero-order valence-electron chi connectivity index (χ0n) is 19.2. The number of β-amino-alcohol motifs (C(OH)–C–C–N with tert-alkyl or cyclic N) is 1. The fourth-order valence-electron chi connectivity index (χ4n) is 2.90. The monoisotopic (exact) mass is 449 g/mol. The normalized spacial score (nSPS) is 12.1.